The molecular formula is C20H30Cl2SiZr. The van der Waals surface area contributed by atoms with Gasteiger partial charge in [0.15, 0.2) is 0 Å². The first-order valence-electron chi connectivity index (χ1n) is 9.71. The Morgan fingerprint density at radius 1 is 0.792 bits per heavy atom. The van der Waals surface area contributed by atoms with E-state index < -0.39 is 12.0 Å². The summed E-state index contributed by atoms with van der Waals surface area (Å²) in [5.74, 6) is 0. The normalized spacial score (nSPS) is 34.4. The molecule has 4 aliphatic carbocycles. The van der Waals surface area contributed by atoms with Crippen LogP contribution in [0.3, 0.4) is 0 Å². The molecule has 0 aromatic heterocycles. The summed E-state index contributed by atoms with van der Waals surface area (Å²) in [4.78, 5) is 0. The molecule has 0 aromatic carbocycles. The first kappa shape index (κ1) is 18.0. The minimum atomic E-state index is -5.09. The van der Waals surface area contributed by atoms with Crippen LogP contribution in [-0.2, 0) is 12.0 Å². The maximum absolute atomic E-state index is 7.95. The van der Waals surface area contributed by atoms with E-state index in [1.807, 2.05) is 6.88 Å². The van der Waals surface area contributed by atoms with E-state index in [9.17, 15) is 0 Å². The van der Waals surface area contributed by atoms with Crippen LogP contribution in [0.25, 0.3) is 0 Å². The van der Waals surface area contributed by atoms with E-state index in [-0.39, 0.29) is 7.25 Å². The summed E-state index contributed by atoms with van der Waals surface area (Å²) >= 11 is -5.09. The standard InChI is InChI=1S/2C9H11.2CH3.2ClH.H2Si.Zr/c2*1-2-5-9-7-3-6-8(9)4-1;;;;;;/h2*3,6-7H,1-2,4-5H2;2*1H3;2*1H;1H2;/q;;;;;;;+2/p-2. The van der Waals surface area contributed by atoms with Crippen LogP contribution in [0.1, 0.15) is 51.4 Å². The predicted octanol–water partition coefficient (Wildman–Crippen LogP) is 7.16. The van der Waals surface area contributed by atoms with Gasteiger partial charge in [0.25, 0.3) is 0 Å². The Kier molecular flexibility index (Phi) is 3.41. The van der Waals surface area contributed by atoms with Gasteiger partial charge in [0, 0.05) is 0 Å². The van der Waals surface area contributed by atoms with Crippen LogP contribution >= 0.6 is 17.0 Å². The Morgan fingerprint density at radius 3 is 1.58 bits per heavy atom. The van der Waals surface area contributed by atoms with E-state index in [0.29, 0.717) is 0 Å². The van der Waals surface area contributed by atoms with Crippen molar-refractivity contribution >= 4 is 23.9 Å². The summed E-state index contributed by atoms with van der Waals surface area (Å²) in [5.41, 5.74) is 6.23. The molecule has 0 saturated heterocycles. The van der Waals surface area contributed by atoms with Gasteiger partial charge in [-0.15, -0.1) is 0 Å². The Morgan fingerprint density at radius 2 is 1.17 bits per heavy atom. The van der Waals surface area contributed by atoms with Crippen molar-refractivity contribution in [2.75, 3.05) is 0 Å². The molecule has 0 saturated carbocycles. The average molecular weight is 461 g/mol. The second-order valence-electron chi connectivity index (χ2n) is 10.7. The third kappa shape index (κ3) is 2.54. The van der Waals surface area contributed by atoms with Crippen molar-refractivity contribution in [3.8, 4) is 0 Å². The molecule has 132 valence electrons. The number of hydrogen-bond acceptors (Lipinski definition) is 0. The van der Waals surface area contributed by atoms with Crippen LogP contribution in [0.5, 0.6) is 0 Å². The van der Waals surface area contributed by atoms with E-state index in [2.05, 4.69) is 33.6 Å². The van der Waals surface area contributed by atoms with E-state index in [0.717, 1.165) is 0 Å². The van der Waals surface area contributed by atoms with Crippen molar-refractivity contribution in [3.05, 3.63) is 46.6 Å². The van der Waals surface area contributed by atoms with Gasteiger partial charge in [0.1, 0.15) is 0 Å². The summed E-state index contributed by atoms with van der Waals surface area (Å²) in [6.07, 6.45) is 19.5. The molecule has 0 radical (unpaired) electrons. The van der Waals surface area contributed by atoms with Crippen LogP contribution < -0.4 is 0 Å². The zero-order valence-electron chi connectivity index (χ0n) is 15.1. The van der Waals surface area contributed by atoms with Crippen molar-refractivity contribution in [3.63, 3.8) is 0 Å². The van der Waals surface area contributed by atoms with E-state index >= 15 is 0 Å². The number of allylic oxidation sites excluding steroid dienone is 8. The first-order chi connectivity index (χ1) is 10.9. The second kappa shape index (κ2) is 4.54. The molecule has 0 fully saturated rings. The predicted molar refractivity (Wildman–Crippen MR) is 109 cm³/mol. The van der Waals surface area contributed by atoms with Gasteiger partial charge in [-0.1, -0.05) is 0 Å². The Labute approximate surface area is 149 Å². The van der Waals surface area contributed by atoms with Gasteiger partial charge in [-0.25, -0.2) is 0 Å². The average Bonchev–Trinajstić information content (AvgIpc) is 3.11. The van der Waals surface area contributed by atoms with Gasteiger partial charge in [-0.3, -0.25) is 0 Å². The van der Waals surface area contributed by atoms with Gasteiger partial charge in [-0.05, 0) is 0 Å². The summed E-state index contributed by atoms with van der Waals surface area (Å²) in [6.45, 7) is 2.02. The molecule has 0 N–H and O–H groups in total. The van der Waals surface area contributed by atoms with Crippen molar-refractivity contribution < 1.29 is 12.0 Å². The van der Waals surface area contributed by atoms with Gasteiger partial charge in [0.05, 0.1) is 0 Å². The van der Waals surface area contributed by atoms with Crippen LogP contribution in [0, 0.1) is 0 Å². The van der Waals surface area contributed by atoms with Gasteiger partial charge >= 0.3 is 150 Å². The summed E-state index contributed by atoms with van der Waals surface area (Å²) in [7, 11) is 15.9. The molecule has 2 atom stereocenters. The number of halogens is 2. The fourth-order valence-electron chi connectivity index (χ4n) is 6.03. The zero-order chi connectivity index (χ0) is 17.3. The Bertz CT molecular complexity index is 799. The molecule has 0 spiro atoms. The fourth-order valence-corrected chi connectivity index (χ4v) is 29.2. The topological polar surface area (TPSA) is 0 Å². The van der Waals surface area contributed by atoms with Crippen LogP contribution in [0.15, 0.2) is 46.6 Å². The molecule has 2 unspecified atom stereocenters. The quantitative estimate of drug-likeness (QED) is 0.384. The van der Waals surface area contributed by atoms with E-state index in [1.165, 1.54) is 62.5 Å². The third-order valence-corrected chi connectivity index (χ3v) is 33.1. The van der Waals surface area contributed by atoms with Crippen molar-refractivity contribution in [1.29, 1.82) is 0 Å². The number of rotatable bonds is 2. The van der Waals surface area contributed by atoms with Crippen LogP contribution in [0.4, 0.5) is 0 Å². The molecule has 4 rings (SSSR count). The van der Waals surface area contributed by atoms with Gasteiger partial charge in [0.2, 0.25) is 0 Å². The number of hydrogen-bond donors (Lipinski definition) is 0. The Hall–Kier alpha value is 0.640. The van der Waals surface area contributed by atoms with E-state index in [4.69, 9.17) is 17.0 Å². The van der Waals surface area contributed by atoms with Gasteiger partial charge in [-0.2, -0.15) is 0 Å². The molecule has 0 heterocycles. The van der Waals surface area contributed by atoms with Gasteiger partial charge < -0.3 is 0 Å². The fraction of sp³-hybridized carbons (Fsp3) is 0.600. The molecule has 0 aliphatic heterocycles. The van der Waals surface area contributed by atoms with Crippen LogP contribution in [-0.4, -0.2) is 6.88 Å². The molecular weight excluding hydrogens is 430 g/mol. The molecule has 0 aromatic rings. The van der Waals surface area contributed by atoms with Crippen LogP contribution in [0.2, 0.25) is 16.5 Å². The van der Waals surface area contributed by atoms with Crippen molar-refractivity contribution in [2.24, 2.45) is 0 Å². The molecule has 4 aliphatic rings. The monoisotopic (exact) mass is 458 g/mol. The minimum absolute atomic E-state index is 0.252. The summed E-state index contributed by atoms with van der Waals surface area (Å²) < 4.78 is 5.14. The molecule has 24 heavy (non-hydrogen) atoms. The molecule has 0 bridgehead atoms. The van der Waals surface area contributed by atoms with Crippen molar-refractivity contribution in [1.82, 2.24) is 0 Å². The molecule has 0 amide bonds. The molecule has 4 heteroatoms. The Balaban J connectivity index is 1.91. The second-order valence-corrected chi connectivity index (χ2v) is 79.0. The summed E-state index contributed by atoms with van der Waals surface area (Å²) in [6, 6.07) is 0. The first-order valence-corrected chi connectivity index (χ1v) is 29.7. The molecule has 0 nitrogen and oxygen atoms in total. The zero-order valence-corrected chi connectivity index (χ0v) is 20.5. The SMILES string of the molecule is [CH3][Zr]([CH3])(=[SiH2])([Cl])([Cl])([CH]1C=CC2=C1CCCC2)[CH]1C=CC2=C1CCCC2. The van der Waals surface area contributed by atoms with E-state index in [1.54, 1.807) is 11.1 Å². The van der Waals surface area contributed by atoms with Crippen molar-refractivity contribution in [2.45, 2.75) is 67.9 Å². The third-order valence-electron chi connectivity index (χ3n) is 7.35. The maximum atomic E-state index is 7.95. The summed E-state index contributed by atoms with van der Waals surface area (Å²) in [5, 5.41) is 0.